The van der Waals surface area contributed by atoms with Gasteiger partial charge in [-0.15, -0.1) is 0 Å². The normalized spacial score (nSPS) is 11.5. The molecule has 0 saturated heterocycles. The summed E-state index contributed by atoms with van der Waals surface area (Å²) in [6.45, 7) is 2.09. The lowest BCUT2D eigenvalue weighted by molar-refractivity contribution is 0.407. The zero-order valence-corrected chi connectivity index (χ0v) is 9.09. The minimum Gasteiger partial charge on any atom is -0.496 e. The molecule has 0 aliphatic rings. The van der Waals surface area contributed by atoms with Crippen molar-refractivity contribution in [1.82, 2.24) is 4.48 Å². The third kappa shape index (κ3) is 2.01. The van der Waals surface area contributed by atoms with Crippen LogP contribution >= 0.6 is 0 Å². The molecule has 0 bridgehead atoms. The van der Waals surface area contributed by atoms with Gasteiger partial charge in [0.25, 0.3) is 0 Å². The van der Waals surface area contributed by atoms with Gasteiger partial charge >= 0.3 is 0 Å². The van der Waals surface area contributed by atoms with Crippen LogP contribution < -0.4 is 9.22 Å². The van der Waals surface area contributed by atoms with E-state index in [1.54, 1.807) is 7.11 Å². The van der Waals surface area contributed by atoms with Crippen LogP contribution in [0, 0.1) is 6.92 Å². The van der Waals surface area contributed by atoms with Gasteiger partial charge in [-0.2, -0.15) is 0 Å². The zero-order valence-electron chi connectivity index (χ0n) is 9.09. The first kappa shape index (κ1) is 10.1. The first-order valence-electron chi connectivity index (χ1n) is 4.42. The van der Waals surface area contributed by atoms with Crippen LogP contribution in [-0.4, -0.2) is 28.3 Å². The standard InChI is InChI=1S/C11H18NO/c1-9-10(12(2,3)4)7-6-8-11(9)13-5/h6-8H,1-5H3/q+1. The van der Waals surface area contributed by atoms with Gasteiger partial charge in [-0.05, 0) is 19.1 Å². The Labute approximate surface area is 80.3 Å². The molecule has 0 radical (unpaired) electrons. The Hall–Kier alpha value is -1.02. The molecular weight excluding hydrogens is 162 g/mol. The van der Waals surface area contributed by atoms with Gasteiger partial charge < -0.3 is 4.74 Å². The lowest BCUT2D eigenvalue weighted by atomic mass is 10.1. The molecule has 72 valence electrons. The molecule has 1 aromatic carbocycles. The highest BCUT2D eigenvalue weighted by Gasteiger charge is 2.17. The number of ether oxygens (including phenoxy) is 1. The van der Waals surface area contributed by atoms with Crippen molar-refractivity contribution >= 4 is 5.69 Å². The number of benzene rings is 1. The average molecular weight is 180 g/mol. The van der Waals surface area contributed by atoms with Crippen molar-refractivity contribution in [3.63, 3.8) is 0 Å². The van der Waals surface area contributed by atoms with Gasteiger partial charge in [-0.25, -0.2) is 0 Å². The molecule has 13 heavy (non-hydrogen) atoms. The Kier molecular flexibility index (Phi) is 2.62. The fourth-order valence-electron chi connectivity index (χ4n) is 1.55. The third-order valence-electron chi connectivity index (χ3n) is 2.20. The van der Waals surface area contributed by atoms with Gasteiger partial charge in [0.2, 0.25) is 0 Å². The van der Waals surface area contributed by atoms with Gasteiger partial charge in [-0.1, -0.05) is 6.07 Å². The molecule has 0 fully saturated rings. The van der Waals surface area contributed by atoms with Crippen molar-refractivity contribution in [3.05, 3.63) is 23.8 Å². The molecule has 0 aliphatic carbocycles. The zero-order chi connectivity index (χ0) is 10.1. The molecule has 1 rings (SSSR count). The maximum Gasteiger partial charge on any atom is 0.138 e. The molecule has 0 saturated carbocycles. The number of quaternary nitrogens is 1. The Bertz CT molecular complexity index is 299. The lowest BCUT2D eigenvalue weighted by Crippen LogP contribution is -2.35. The van der Waals surface area contributed by atoms with Crippen LogP contribution in [0.25, 0.3) is 0 Å². The monoisotopic (exact) mass is 180 g/mol. The first-order valence-corrected chi connectivity index (χ1v) is 4.42. The maximum absolute atomic E-state index is 5.27. The maximum atomic E-state index is 5.27. The summed E-state index contributed by atoms with van der Waals surface area (Å²) < 4.78 is 6.09. The molecule has 2 heteroatoms. The molecule has 0 heterocycles. The van der Waals surface area contributed by atoms with E-state index in [1.807, 2.05) is 12.1 Å². The van der Waals surface area contributed by atoms with E-state index in [2.05, 4.69) is 34.1 Å². The molecule has 0 unspecified atom stereocenters. The Morgan fingerprint density at radius 1 is 1.15 bits per heavy atom. The van der Waals surface area contributed by atoms with Crippen molar-refractivity contribution in [2.75, 3.05) is 28.3 Å². The fourth-order valence-corrected chi connectivity index (χ4v) is 1.55. The van der Waals surface area contributed by atoms with E-state index < -0.39 is 0 Å². The summed E-state index contributed by atoms with van der Waals surface area (Å²) in [7, 11) is 8.17. The molecule has 0 N–H and O–H groups in total. The van der Waals surface area contributed by atoms with Gasteiger partial charge in [0.1, 0.15) is 11.4 Å². The van der Waals surface area contributed by atoms with Crippen LogP contribution in [0.15, 0.2) is 18.2 Å². The highest BCUT2D eigenvalue weighted by Crippen LogP contribution is 2.29. The summed E-state index contributed by atoms with van der Waals surface area (Å²) in [6.07, 6.45) is 0. The topological polar surface area (TPSA) is 9.23 Å². The smallest absolute Gasteiger partial charge is 0.138 e. The summed E-state index contributed by atoms with van der Waals surface area (Å²) >= 11 is 0. The van der Waals surface area contributed by atoms with E-state index >= 15 is 0 Å². The minimum absolute atomic E-state index is 0.822. The molecule has 0 atom stereocenters. The minimum atomic E-state index is 0.822. The first-order chi connectivity index (χ1) is 5.96. The van der Waals surface area contributed by atoms with E-state index in [-0.39, 0.29) is 0 Å². The van der Waals surface area contributed by atoms with E-state index in [1.165, 1.54) is 11.3 Å². The van der Waals surface area contributed by atoms with Crippen molar-refractivity contribution in [2.24, 2.45) is 0 Å². The van der Waals surface area contributed by atoms with Crippen LogP contribution in [0.5, 0.6) is 5.75 Å². The summed E-state index contributed by atoms with van der Waals surface area (Å²) in [5, 5.41) is 0. The highest BCUT2D eigenvalue weighted by molar-refractivity contribution is 5.55. The number of methoxy groups -OCH3 is 1. The predicted octanol–water partition coefficient (Wildman–Crippen LogP) is 2.20. The van der Waals surface area contributed by atoms with E-state index in [4.69, 9.17) is 4.74 Å². The summed E-state index contributed by atoms with van der Waals surface area (Å²) in [4.78, 5) is 0. The number of rotatable bonds is 2. The van der Waals surface area contributed by atoms with Crippen LogP contribution in [0.3, 0.4) is 0 Å². The highest BCUT2D eigenvalue weighted by atomic mass is 16.5. The Morgan fingerprint density at radius 3 is 2.23 bits per heavy atom. The van der Waals surface area contributed by atoms with Gasteiger partial charge in [-0.3, -0.25) is 4.48 Å². The van der Waals surface area contributed by atoms with Gasteiger partial charge in [0, 0.05) is 0 Å². The average Bonchev–Trinajstić information content (AvgIpc) is 2.02. The number of hydrogen-bond donors (Lipinski definition) is 0. The predicted molar refractivity (Wildman–Crippen MR) is 57.3 cm³/mol. The van der Waals surface area contributed by atoms with E-state index in [0.29, 0.717) is 0 Å². The van der Waals surface area contributed by atoms with Gasteiger partial charge in [0.15, 0.2) is 0 Å². The third-order valence-corrected chi connectivity index (χ3v) is 2.20. The summed E-state index contributed by atoms with van der Waals surface area (Å²) in [5.74, 6) is 0.963. The van der Waals surface area contributed by atoms with E-state index in [0.717, 1.165) is 10.2 Å². The van der Waals surface area contributed by atoms with Crippen LogP contribution in [-0.2, 0) is 0 Å². The number of nitrogens with zero attached hydrogens (tertiary/aromatic N) is 1. The molecular formula is C11H18NO+. The fraction of sp³-hybridized carbons (Fsp3) is 0.455. The second-order valence-electron chi connectivity index (χ2n) is 4.12. The molecule has 0 aromatic heterocycles. The van der Waals surface area contributed by atoms with Crippen LogP contribution in [0.1, 0.15) is 5.56 Å². The molecule has 0 aliphatic heterocycles. The SMILES string of the molecule is COc1cccc([N+](C)(C)C)c1C. The van der Waals surface area contributed by atoms with Crippen molar-refractivity contribution in [1.29, 1.82) is 0 Å². The van der Waals surface area contributed by atoms with Crippen LogP contribution in [0.4, 0.5) is 5.69 Å². The van der Waals surface area contributed by atoms with E-state index in [9.17, 15) is 0 Å². The largest absolute Gasteiger partial charge is 0.496 e. The summed E-state index contributed by atoms with van der Waals surface area (Å²) in [6, 6.07) is 6.16. The Morgan fingerprint density at radius 2 is 1.77 bits per heavy atom. The summed E-state index contributed by atoms with van der Waals surface area (Å²) in [5.41, 5.74) is 2.51. The van der Waals surface area contributed by atoms with Crippen molar-refractivity contribution in [3.8, 4) is 5.75 Å². The second-order valence-corrected chi connectivity index (χ2v) is 4.12. The Balaban J connectivity index is 3.24. The van der Waals surface area contributed by atoms with Crippen molar-refractivity contribution < 1.29 is 4.74 Å². The van der Waals surface area contributed by atoms with Gasteiger partial charge in [0.05, 0.1) is 33.8 Å². The lowest BCUT2D eigenvalue weighted by Gasteiger charge is -2.25. The molecule has 1 aromatic rings. The molecule has 0 spiro atoms. The van der Waals surface area contributed by atoms with Crippen molar-refractivity contribution in [2.45, 2.75) is 6.92 Å². The quantitative estimate of drug-likeness (QED) is 0.634. The molecule has 2 nitrogen and oxygen atoms in total. The second kappa shape index (κ2) is 3.38. The van der Waals surface area contributed by atoms with Crippen LogP contribution in [0.2, 0.25) is 0 Å². The molecule has 0 amide bonds. The number of hydrogen-bond acceptors (Lipinski definition) is 1.